The van der Waals surface area contributed by atoms with E-state index in [1.165, 1.54) is 6.07 Å². The molecule has 2 aromatic rings. The van der Waals surface area contributed by atoms with Crippen LogP contribution in [0.2, 0.25) is 0 Å². The number of halogens is 1. The summed E-state index contributed by atoms with van der Waals surface area (Å²) in [6.07, 6.45) is 0. The van der Waals surface area contributed by atoms with Gasteiger partial charge in [-0.05, 0) is 32.0 Å². The van der Waals surface area contributed by atoms with Crippen LogP contribution in [0.25, 0.3) is 11.1 Å². The lowest BCUT2D eigenvalue weighted by atomic mass is 9.98. The molecule has 3 aliphatic rings. The molecular formula is C22H24FN5O2. The summed E-state index contributed by atoms with van der Waals surface area (Å²) in [5, 5.41) is 7.62. The van der Waals surface area contributed by atoms with Crippen LogP contribution in [-0.4, -0.2) is 50.1 Å². The zero-order valence-corrected chi connectivity index (χ0v) is 17.0. The zero-order valence-electron chi connectivity index (χ0n) is 17.0. The van der Waals surface area contributed by atoms with Gasteiger partial charge in [0.05, 0.1) is 5.69 Å². The summed E-state index contributed by atoms with van der Waals surface area (Å²) < 4.78 is 20.7. The molecule has 1 saturated heterocycles. The first-order valence-corrected chi connectivity index (χ1v) is 10.2. The first kappa shape index (κ1) is 18.9. The second-order valence-electron chi connectivity index (χ2n) is 7.96. The Labute approximate surface area is 174 Å². The van der Waals surface area contributed by atoms with Crippen molar-refractivity contribution in [1.29, 1.82) is 0 Å². The first-order chi connectivity index (χ1) is 14.5. The summed E-state index contributed by atoms with van der Waals surface area (Å²) in [5.41, 5.74) is 5.58. The molecule has 0 radical (unpaired) electrons. The van der Waals surface area contributed by atoms with E-state index in [2.05, 4.69) is 27.7 Å². The number of hydrogen-bond acceptors (Lipinski definition) is 6. The lowest BCUT2D eigenvalue weighted by Gasteiger charge is -2.40. The van der Waals surface area contributed by atoms with Crippen LogP contribution >= 0.6 is 0 Å². The third-order valence-electron chi connectivity index (χ3n) is 5.91. The van der Waals surface area contributed by atoms with E-state index in [9.17, 15) is 9.18 Å². The number of hydrazone groups is 1. The molecule has 3 heterocycles. The van der Waals surface area contributed by atoms with Crippen molar-refractivity contribution in [3.63, 3.8) is 0 Å². The van der Waals surface area contributed by atoms with Crippen LogP contribution in [0.3, 0.4) is 0 Å². The van der Waals surface area contributed by atoms with E-state index in [0.717, 1.165) is 36.6 Å². The molecule has 7 nitrogen and oxygen atoms in total. The van der Waals surface area contributed by atoms with Crippen LogP contribution in [-0.2, 0) is 4.79 Å². The minimum Gasteiger partial charge on any atom is -0.483 e. The summed E-state index contributed by atoms with van der Waals surface area (Å²) in [6, 6.07) is 10.6. The van der Waals surface area contributed by atoms with Gasteiger partial charge in [-0.15, -0.1) is 0 Å². The molecule has 8 heteroatoms. The lowest BCUT2D eigenvalue weighted by molar-refractivity contribution is -0.122. The molecule has 0 spiro atoms. The molecular weight excluding hydrogens is 385 g/mol. The highest BCUT2D eigenvalue weighted by Gasteiger charge is 2.36. The Bertz CT molecular complexity index is 1040. The number of hydrogen-bond donors (Lipinski definition) is 2. The predicted molar refractivity (Wildman–Crippen MR) is 115 cm³/mol. The molecule has 0 aromatic heterocycles. The molecule has 1 amide bonds. The van der Waals surface area contributed by atoms with Gasteiger partial charge in [-0.25, -0.2) is 9.82 Å². The maximum absolute atomic E-state index is 14.8. The maximum Gasteiger partial charge on any atom is 0.262 e. The van der Waals surface area contributed by atoms with Crippen molar-refractivity contribution >= 4 is 23.1 Å². The highest BCUT2D eigenvalue weighted by Crippen LogP contribution is 2.44. The van der Waals surface area contributed by atoms with Gasteiger partial charge in [-0.1, -0.05) is 18.2 Å². The molecule has 30 heavy (non-hydrogen) atoms. The van der Waals surface area contributed by atoms with E-state index in [1.807, 2.05) is 30.0 Å². The van der Waals surface area contributed by atoms with Gasteiger partial charge < -0.3 is 19.9 Å². The standard InChI is InChI=1S/C22H24FN5O2/c1-13-11-27(8-7-24-13)18-10-19-20(9-16(18)15-5-3-4-6-17(15)23)30-12-21-25-26-22(29)14(2)28(19)21/h3-6,9-10,13-14,24H,7-8,11-12H2,1-2H3,(H,26,29). The number of carbonyl (C=O) groups is 1. The Hall–Kier alpha value is -3.13. The number of amidine groups is 1. The fourth-order valence-electron chi connectivity index (χ4n) is 4.37. The van der Waals surface area contributed by atoms with Crippen molar-refractivity contribution in [2.75, 3.05) is 36.0 Å². The molecule has 0 aliphatic carbocycles. The number of nitrogens with zero attached hydrogens (tertiary/aromatic N) is 3. The van der Waals surface area contributed by atoms with Gasteiger partial charge in [-0.2, -0.15) is 5.10 Å². The summed E-state index contributed by atoms with van der Waals surface area (Å²) in [6.45, 7) is 6.69. The van der Waals surface area contributed by atoms with Crippen LogP contribution in [0.4, 0.5) is 15.8 Å². The van der Waals surface area contributed by atoms with Gasteiger partial charge in [0.2, 0.25) is 0 Å². The Morgan fingerprint density at radius 1 is 1.17 bits per heavy atom. The SMILES string of the molecule is CC1CN(c2cc3c(cc2-c2ccccc2F)OCC2=NNC(=O)C(C)N23)CCN1. The molecule has 0 bridgehead atoms. The molecule has 1 fully saturated rings. The minimum atomic E-state index is -0.408. The fourth-order valence-corrected chi connectivity index (χ4v) is 4.37. The average Bonchev–Trinajstić information content (AvgIpc) is 2.75. The van der Waals surface area contributed by atoms with Crippen molar-refractivity contribution in [2.24, 2.45) is 5.10 Å². The second-order valence-corrected chi connectivity index (χ2v) is 7.96. The fraction of sp³-hybridized carbons (Fsp3) is 0.364. The monoisotopic (exact) mass is 409 g/mol. The largest absolute Gasteiger partial charge is 0.483 e. The number of carbonyl (C=O) groups excluding carboxylic acids is 1. The van der Waals surface area contributed by atoms with Gasteiger partial charge in [0.25, 0.3) is 5.91 Å². The maximum atomic E-state index is 14.8. The Morgan fingerprint density at radius 2 is 2.00 bits per heavy atom. The topological polar surface area (TPSA) is 69.2 Å². The van der Waals surface area contributed by atoms with Gasteiger partial charge in [0.15, 0.2) is 5.84 Å². The van der Waals surface area contributed by atoms with Crippen molar-refractivity contribution in [2.45, 2.75) is 25.9 Å². The average molecular weight is 409 g/mol. The molecule has 2 aromatic carbocycles. The Morgan fingerprint density at radius 3 is 2.80 bits per heavy atom. The van der Waals surface area contributed by atoms with Crippen LogP contribution in [0, 0.1) is 5.82 Å². The molecule has 2 N–H and O–H groups in total. The summed E-state index contributed by atoms with van der Waals surface area (Å²) in [4.78, 5) is 16.4. The molecule has 156 valence electrons. The van der Waals surface area contributed by atoms with Gasteiger partial charge >= 0.3 is 0 Å². The van der Waals surface area contributed by atoms with Crippen LogP contribution in [0.5, 0.6) is 5.75 Å². The number of ether oxygens (including phenoxy) is 1. The van der Waals surface area contributed by atoms with E-state index < -0.39 is 6.04 Å². The second kappa shape index (κ2) is 7.28. The summed E-state index contributed by atoms with van der Waals surface area (Å²) in [7, 11) is 0. The van der Waals surface area contributed by atoms with Crippen LogP contribution < -0.4 is 25.3 Å². The first-order valence-electron chi connectivity index (χ1n) is 10.2. The Balaban J connectivity index is 1.69. The number of rotatable bonds is 2. The van der Waals surface area contributed by atoms with Crippen LogP contribution in [0.1, 0.15) is 13.8 Å². The number of nitrogens with one attached hydrogen (secondary N) is 2. The van der Waals surface area contributed by atoms with Crippen molar-refractivity contribution in [3.05, 3.63) is 42.2 Å². The van der Waals surface area contributed by atoms with E-state index in [-0.39, 0.29) is 18.3 Å². The van der Waals surface area contributed by atoms with Gasteiger partial charge in [0.1, 0.15) is 24.2 Å². The van der Waals surface area contributed by atoms with Crippen molar-refractivity contribution < 1.29 is 13.9 Å². The lowest BCUT2D eigenvalue weighted by Crippen LogP contribution is -2.55. The molecule has 2 atom stereocenters. The highest BCUT2D eigenvalue weighted by molar-refractivity contribution is 6.10. The third-order valence-corrected chi connectivity index (χ3v) is 5.91. The number of anilines is 2. The zero-order chi connectivity index (χ0) is 20.8. The summed E-state index contributed by atoms with van der Waals surface area (Å²) in [5.74, 6) is 0.848. The van der Waals surface area contributed by atoms with Gasteiger partial charge in [-0.3, -0.25) is 4.79 Å². The molecule has 5 rings (SSSR count). The molecule has 2 unspecified atom stereocenters. The van der Waals surface area contributed by atoms with E-state index in [1.54, 1.807) is 12.1 Å². The van der Waals surface area contributed by atoms with Crippen molar-refractivity contribution in [3.8, 4) is 16.9 Å². The van der Waals surface area contributed by atoms with E-state index in [0.29, 0.717) is 23.2 Å². The van der Waals surface area contributed by atoms with Crippen molar-refractivity contribution in [1.82, 2.24) is 10.7 Å². The van der Waals surface area contributed by atoms with E-state index >= 15 is 0 Å². The normalized spacial score (nSPS) is 23.2. The minimum absolute atomic E-state index is 0.165. The van der Waals surface area contributed by atoms with Gasteiger partial charge in [0, 0.05) is 42.5 Å². The van der Waals surface area contributed by atoms with E-state index in [4.69, 9.17) is 4.74 Å². The third kappa shape index (κ3) is 3.08. The quantitative estimate of drug-likeness (QED) is 0.797. The smallest absolute Gasteiger partial charge is 0.262 e. The number of piperazine rings is 1. The summed E-state index contributed by atoms with van der Waals surface area (Å²) >= 11 is 0. The number of benzene rings is 2. The number of amides is 1. The predicted octanol–water partition coefficient (Wildman–Crippen LogP) is 2.32. The number of fused-ring (bicyclic) bond motifs is 3. The van der Waals surface area contributed by atoms with Crippen LogP contribution in [0.15, 0.2) is 41.5 Å². The Kier molecular flexibility index (Phi) is 4.58. The molecule has 0 saturated carbocycles. The molecule has 3 aliphatic heterocycles. The highest BCUT2D eigenvalue weighted by atomic mass is 19.1.